The first-order valence-electron chi connectivity index (χ1n) is 7.99. The summed E-state index contributed by atoms with van der Waals surface area (Å²) in [4.78, 5) is 12.3. The molecule has 1 atom stereocenters. The molecule has 1 amide bonds. The van der Waals surface area contributed by atoms with Crippen molar-refractivity contribution in [1.82, 2.24) is 5.32 Å². The lowest BCUT2D eigenvalue weighted by molar-refractivity contribution is -0.128. The average Bonchev–Trinajstić information content (AvgIpc) is 2.64. The molecule has 0 aliphatic rings. The first kappa shape index (κ1) is 17.7. The Morgan fingerprint density at radius 3 is 2.38 bits per heavy atom. The third-order valence-corrected chi connectivity index (χ3v) is 3.41. The molecule has 0 spiro atoms. The summed E-state index contributed by atoms with van der Waals surface area (Å²) in [6.45, 7) is 2.72. The SMILES string of the molecule is CC[C@@H](Oc1ccccc1OC)C(=O)NCCOc1ccccc1. The normalized spacial score (nSPS) is 11.4. The Bertz CT molecular complexity index is 630. The van der Waals surface area contributed by atoms with E-state index in [0.29, 0.717) is 31.1 Å². The first-order valence-corrected chi connectivity index (χ1v) is 7.99. The number of methoxy groups -OCH3 is 1. The second-order valence-corrected chi connectivity index (χ2v) is 5.12. The molecule has 0 unspecified atom stereocenters. The molecule has 5 nitrogen and oxygen atoms in total. The van der Waals surface area contributed by atoms with Gasteiger partial charge in [-0.2, -0.15) is 0 Å². The molecule has 0 aliphatic heterocycles. The lowest BCUT2D eigenvalue weighted by Crippen LogP contribution is -2.39. The van der Waals surface area contributed by atoms with Crippen LogP contribution in [0.1, 0.15) is 13.3 Å². The van der Waals surface area contributed by atoms with E-state index in [-0.39, 0.29) is 5.91 Å². The van der Waals surface area contributed by atoms with Gasteiger partial charge in [0, 0.05) is 0 Å². The molecule has 0 fully saturated rings. The molecular formula is C19H23NO4. The molecule has 0 radical (unpaired) electrons. The van der Waals surface area contributed by atoms with Crippen LogP contribution < -0.4 is 19.5 Å². The van der Waals surface area contributed by atoms with Crippen molar-refractivity contribution in [2.45, 2.75) is 19.4 Å². The highest BCUT2D eigenvalue weighted by molar-refractivity contribution is 5.81. The van der Waals surface area contributed by atoms with Crippen molar-refractivity contribution in [2.24, 2.45) is 0 Å². The molecule has 2 rings (SSSR count). The van der Waals surface area contributed by atoms with Crippen LogP contribution in [0.5, 0.6) is 17.2 Å². The highest BCUT2D eigenvalue weighted by Crippen LogP contribution is 2.27. The van der Waals surface area contributed by atoms with E-state index in [1.807, 2.05) is 49.4 Å². The summed E-state index contributed by atoms with van der Waals surface area (Å²) in [5, 5.41) is 2.83. The monoisotopic (exact) mass is 329 g/mol. The first-order chi connectivity index (χ1) is 11.7. The van der Waals surface area contributed by atoms with E-state index < -0.39 is 6.10 Å². The molecule has 0 heterocycles. The number of ether oxygens (including phenoxy) is 3. The second kappa shape index (κ2) is 9.45. The Morgan fingerprint density at radius 2 is 1.71 bits per heavy atom. The van der Waals surface area contributed by atoms with Gasteiger partial charge in [0.05, 0.1) is 13.7 Å². The van der Waals surface area contributed by atoms with Gasteiger partial charge in [-0.25, -0.2) is 0 Å². The third kappa shape index (κ3) is 5.19. The van der Waals surface area contributed by atoms with Crippen LogP contribution in [0.3, 0.4) is 0 Å². The molecule has 0 aliphatic carbocycles. The fraction of sp³-hybridized carbons (Fsp3) is 0.316. The quantitative estimate of drug-likeness (QED) is 0.719. The van der Waals surface area contributed by atoms with Crippen LogP contribution in [0.4, 0.5) is 0 Å². The number of para-hydroxylation sites is 3. The van der Waals surface area contributed by atoms with Gasteiger partial charge in [0.2, 0.25) is 0 Å². The number of carbonyl (C=O) groups is 1. The minimum absolute atomic E-state index is 0.167. The number of carbonyl (C=O) groups excluding carboxylic acids is 1. The highest BCUT2D eigenvalue weighted by atomic mass is 16.5. The van der Waals surface area contributed by atoms with Crippen molar-refractivity contribution < 1.29 is 19.0 Å². The topological polar surface area (TPSA) is 56.8 Å². The molecule has 2 aromatic rings. The number of hydrogen-bond acceptors (Lipinski definition) is 4. The van der Waals surface area contributed by atoms with E-state index >= 15 is 0 Å². The van der Waals surface area contributed by atoms with Crippen molar-refractivity contribution in [2.75, 3.05) is 20.3 Å². The minimum atomic E-state index is -0.571. The van der Waals surface area contributed by atoms with Crippen LogP contribution in [0.25, 0.3) is 0 Å². The van der Waals surface area contributed by atoms with Crippen LogP contribution in [0.2, 0.25) is 0 Å². The lowest BCUT2D eigenvalue weighted by Gasteiger charge is -2.18. The van der Waals surface area contributed by atoms with E-state index in [1.165, 1.54) is 0 Å². The number of rotatable bonds is 9. The fourth-order valence-corrected chi connectivity index (χ4v) is 2.17. The molecule has 0 aromatic heterocycles. The zero-order valence-corrected chi connectivity index (χ0v) is 14.0. The Kier molecular flexibility index (Phi) is 6.95. The van der Waals surface area contributed by atoms with Gasteiger partial charge in [0.1, 0.15) is 12.4 Å². The zero-order chi connectivity index (χ0) is 17.2. The third-order valence-electron chi connectivity index (χ3n) is 3.41. The smallest absolute Gasteiger partial charge is 0.261 e. The fourth-order valence-electron chi connectivity index (χ4n) is 2.17. The number of nitrogens with one attached hydrogen (secondary N) is 1. The summed E-state index contributed by atoms with van der Waals surface area (Å²) in [5.41, 5.74) is 0. The molecule has 5 heteroatoms. The van der Waals surface area contributed by atoms with E-state index in [4.69, 9.17) is 14.2 Å². The van der Waals surface area contributed by atoms with E-state index in [1.54, 1.807) is 19.2 Å². The Morgan fingerprint density at radius 1 is 1.04 bits per heavy atom. The van der Waals surface area contributed by atoms with Crippen molar-refractivity contribution in [3.05, 3.63) is 54.6 Å². The van der Waals surface area contributed by atoms with Crippen molar-refractivity contribution in [3.8, 4) is 17.2 Å². The van der Waals surface area contributed by atoms with Gasteiger partial charge >= 0.3 is 0 Å². The molecule has 24 heavy (non-hydrogen) atoms. The highest BCUT2D eigenvalue weighted by Gasteiger charge is 2.19. The van der Waals surface area contributed by atoms with Crippen molar-refractivity contribution in [1.29, 1.82) is 0 Å². The van der Waals surface area contributed by atoms with Crippen LogP contribution >= 0.6 is 0 Å². The predicted molar refractivity (Wildman–Crippen MR) is 92.6 cm³/mol. The molecular weight excluding hydrogens is 306 g/mol. The van der Waals surface area contributed by atoms with Crippen LogP contribution in [-0.2, 0) is 4.79 Å². The molecule has 0 saturated carbocycles. The van der Waals surface area contributed by atoms with Gasteiger partial charge in [-0.3, -0.25) is 4.79 Å². The van der Waals surface area contributed by atoms with Gasteiger partial charge < -0.3 is 19.5 Å². The maximum Gasteiger partial charge on any atom is 0.261 e. The number of amides is 1. The van der Waals surface area contributed by atoms with E-state index in [9.17, 15) is 4.79 Å². The molecule has 0 saturated heterocycles. The largest absolute Gasteiger partial charge is 0.493 e. The lowest BCUT2D eigenvalue weighted by atomic mass is 10.2. The molecule has 1 N–H and O–H groups in total. The standard InChI is InChI=1S/C19H23NO4/c1-3-16(24-18-12-8-7-11-17(18)22-2)19(21)20-13-14-23-15-9-5-4-6-10-15/h4-12,16H,3,13-14H2,1-2H3,(H,20,21)/t16-/m1/s1. The van der Waals surface area contributed by atoms with Gasteiger partial charge in [-0.05, 0) is 30.7 Å². The summed E-state index contributed by atoms with van der Waals surface area (Å²) < 4.78 is 16.6. The summed E-state index contributed by atoms with van der Waals surface area (Å²) in [5.74, 6) is 1.78. The number of benzene rings is 2. The summed E-state index contributed by atoms with van der Waals surface area (Å²) in [6, 6.07) is 16.8. The Hall–Kier alpha value is -2.69. The summed E-state index contributed by atoms with van der Waals surface area (Å²) in [7, 11) is 1.57. The molecule has 0 bridgehead atoms. The van der Waals surface area contributed by atoms with Crippen molar-refractivity contribution >= 4 is 5.91 Å². The predicted octanol–water partition coefficient (Wildman–Crippen LogP) is 3.05. The van der Waals surface area contributed by atoms with Gasteiger partial charge in [0.15, 0.2) is 17.6 Å². The van der Waals surface area contributed by atoms with Crippen LogP contribution in [0.15, 0.2) is 54.6 Å². The van der Waals surface area contributed by atoms with Gasteiger partial charge in [-0.15, -0.1) is 0 Å². The minimum Gasteiger partial charge on any atom is -0.493 e. The second-order valence-electron chi connectivity index (χ2n) is 5.12. The van der Waals surface area contributed by atoms with Crippen LogP contribution in [0, 0.1) is 0 Å². The number of hydrogen-bond donors (Lipinski definition) is 1. The maximum atomic E-state index is 12.3. The zero-order valence-electron chi connectivity index (χ0n) is 14.0. The molecule has 128 valence electrons. The average molecular weight is 329 g/mol. The van der Waals surface area contributed by atoms with Crippen LogP contribution in [-0.4, -0.2) is 32.3 Å². The van der Waals surface area contributed by atoms with Gasteiger partial charge in [-0.1, -0.05) is 37.3 Å². The molecule has 2 aromatic carbocycles. The summed E-state index contributed by atoms with van der Waals surface area (Å²) >= 11 is 0. The summed E-state index contributed by atoms with van der Waals surface area (Å²) in [6.07, 6.45) is -0.0123. The van der Waals surface area contributed by atoms with Crippen molar-refractivity contribution in [3.63, 3.8) is 0 Å². The van der Waals surface area contributed by atoms with Gasteiger partial charge in [0.25, 0.3) is 5.91 Å². The Balaban J connectivity index is 1.81. The Labute approximate surface area is 142 Å². The van der Waals surface area contributed by atoms with E-state index in [2.05, 4.69) is 5.32 Å². The maximum absolute atomic E-state index is 12.3. The van der Waals surface area contributed by atoms with E-state index in [0.717, 1.165) is 5.75 Å².